The molecule has 0 aliphatic rings. The number of benzene rings is 2. The van der Waals surface area contributed by atoms with Crippen LogP contribution in [0.4, 0.5) is 5.69 Å². The molecule has 0 unspecified atom stereocenters. The van der Waals surface area contributed by atoms with Gasteiger partial charge in [-0.05, 0) is 48.8 Å². The van der Waals surface area contributed by atoms with E-state index in [0.29, 0.717) is 0 Å². The molecule has 0 amide bonds. The molecule has 0 atom stereocenters. The summed E-state index contributed by atoms with van der Waals surface area (Å²) in [6.45, 7) is 10.7. The van der Waals surface area contributed by atoms with Gasteiger partial charge in [0.2, 0.25) is 0 Å². The molecular weight excluding hydrogens is 256 g/mol. The topological polar surface area (TPSA) is 15.3 Å². The average molecular weight is 282 g/mol. The number of hydrogen-bond donors (Lipinski definition) is 1. The van der Waals surface area contributed by atoms with E-state index in [1.807, 2.05) is 0 Å². The lowest BCUT2D eigenvalue weighted by molar-refractivity contribution is 0.296. The third-order valence-corrected chi connectivity index (χ3v) is 4.00. The predicted molar refractivity (Wildman–Crippen MR) is 91.6 cm³/mol. The van der Waals surface area contributed by atoms with Crippen molar-refractivity contribution in [1.82, 2.24) is 4.90 Å². The number of nitrogens with one attached hydrogen (secondary N) is 1. The first kappa shape index (κ1) is 15.6. The van der Waals surface area contributed by atoms with Crippen molar-refractivity contribution in [2.24, 2.45) is 0 Å². The van der Waals surface area contributed by atoms with E-state index in [1.165, 1.54) is 22.4 Å². The Morgan fingerprint density at radius 2 is 1.57 bits per heavy atom. The van der Waals surface area contributed by atoms with Crippen molar-refractivity contribution in [2.75, 3.05) is 18.4 Å². The first-order valence-corrected chi connectivity index (χ1v) is 7.82. The Labute approximate surface area is 128 Å². The summed E-state index contributed by atoms with van der Waals surface area (Å²) in [7, 11) is 0. The molecule has 0 heterocycles. The molecule has 0 aromatic heterocycles. The zero-order valence-corrected chi connectivity index (χ0v) is 13.4. The molecular formula is C19H26N2. The average Bonchev–Trinajstić information content (AvgIpc) is 2.53. The summed E-state index contributed by atoms with van der Waals surface area (Å²) in [6.07, 6.45) is 0. The lowest BCUT2D eigenvalue weighted by atomic mass is 10.1. The molecule has 2 rings (SSSR count). The van der Waals surface area contributed by atoms with E-state index in [2.05, 4.69) is 79.5 Å². The van der Waals surface area contributed by atoms with Crippen LogP contribution in [0.15, 0.2) is 48.5 Å². The normalized spacial score (nSPS) is 10.9. The molecule has 2 heteroatoms. The third-order valence-electron chi connectivity index (χ3n) is 4.00. The highest BCUT2D eigenvalue weighted by atomic mass is 15.1. The van der Waals surface area contributed by atoms with E-state index in [1.54, 1.807) is 0 Å². The first-order valence-electron chi connectivity index (χ1n) is 7.82. The number of rotatable bonds is 7. The van der Waals surface area contributed by atoms with Gasteiger partial charge in [0.15, 0.2) is 0 Å². The summed E-state index contributed by atoms with van der Waals surface area (Å²) < 4.78 is 0. The van der Waals surface area contributed by atoms with E-state index >= 15 is 0 Å². The highest BCUT2D eigenvalue weighted by molar-refractivity contribution is 5.45. The van der Waals surface area contributed by atoms with Crippen LogP contribution >= 0.6 is 0 Å². The minimum atomic E-state index is 0.877. The Morgan fingerprint density at radius 3 is 2.19 bits per heavy atom. The van der Waals surface area contributed by atoms with Gasteiger partial charge in [0.25, 0.3) is 0 Å². The van der Waals surface area contributed by atoms with Gasteiger partial charge >= 0.3 is 0 Å². The van der Waals surface area contributed by atoms with Crippen molar-refractivity contribution in [2.45, 2.75) is 33.9 Å². The Hall–Kier alpha value is -1.80. The first-order chi connectivity index (χ1) is 10.2. The molecule has 0 bridgehead atoms. The zero-order chi connectivity index (χ0) is 15.1. The molecule has 2 aromatic carbocycles. The smallest absolute Gasteiger partial charge is 0.0403 e. The number of nitrogens with zero attached hydrogens (tertiary/aromatic N) is 1. The van der Waals surface area contributed by atoms with E-state index in [4.69, 9.17) is 0 Å². The van der Waals surface area contributed by atoms with Gasteiger partial charge in [0.1, 0.15) is 0 Å². The fourth-order valence-corrected chi connectivity index (χ4v) is 2.44. The van der Waals surface area contributed by atoms with Crippen LogP contribution in [0.5, 0.6) is 0 Å². The van der Waals surface area contributed by atoms with Gasteiger partial charge in [0, 0.05) is 18.8 Å². The van der Waals surface area contributed by atoms with Gasteiger partial charge in [-0.1, -0.05) is 50.2 Å². The largest absolute Gasteiger partial charge is 0.381 e. The van der Waals surface area contributed by atoms with Crippen LogP contribution in [0.25, 0.3) is 0 Å². The molecule has 0 aliphatic heterocycles. The molecule has 1 N–H and O–H groups in total. The Morgan fingerprint density at radius 1 is 0.905 bits per heavy atom. The molecule has 0 radical (unpaired) electrons. The summed E-state index contributed by atoms with van der Waals surface area (Å²) in [5.41, 5.74) is 5.24. The summed E-state index contributed by atoms with van der Waals surface area (Å²) in [4.78, 5) is 2.43. The lowest BCUT2D eigenvalue weighted by Gasteiger charge is -2.18. The molecule has 0 saturated carbocycles. The third kappa shape index (κ3) is 4.61. The Bertz CT molecular complexity index is 542. The maximum Gasteiger partial charge on any atom is 0.0403 e. The van der Waals surface area contributed by atoms with Crippen molar-refractivity contribution in [1.29, 1.82) is 0 Å². The van der Waals surface area contributed by atoms with Crippen LogP contribution in [0.3, 0.4) is 0 Å². The van der Waals surface area contributed by atoms with Gasteiger partial charge in [-0.25, -0.2) is 0 Å². The second-order valence-electron chi connectivity index (χ2n) is 5.44. The molecule has 0 spiro atoms. The van der Waals surface area contributed by atoms with Crippen LogP contribution in [-0.2, 0) is 13.1 Å². The SMILES string of the molecule is CCN(CC)Cc1ccc(NCc2ccccc2C)cc1. The fraction of sp³-hybridized carbons (Fsp3) is 0.368. The standard InChI is InChI=1S/C19H26N2/c1-4-21(5-2)15-17-10-12-19(13-11-17)20-14-18-9-7-6-8-16(18)3/h6-13,20H,4-5,14-15H2,1-3H3. The summed E-state index contributed by atoms with van der Waals surface area (Å²) in [5.74, 6) is 0. The summed E-state index contributed by atoms with van der Waals surface area (Å²) in [6, 6.07) is 17.3. The second-order valence-corrected chi connectivity index (χ2v) is 5.44. The van der Waals surface area contributed by atoms with Crippen molar-refractivity contribution in [3.05, 3.63) is 65.2 Å². The number of aryl methyl sites for hydroxylation is 1. The quantitative estimate of drug-likeness (QED) is 0.807. The van der Waals surface area contributed by atoms with Crippen molar-refractivity contribution in [3.63, 3.8) is 0 Å². The van der Waals surface area contributed by atoms with E-state index in [-0.39, 0.29) is 0 Å². The van der Waals surface area contributed by atoms with Crippen LogP contribution in [0.2, 0.25) is 0 Å². The van der Waals surface area contributed by atoms with E-state index in [0.717, 1.165) is 26.2 Å². The minimum Gasteiger partial charge on any atom is -0.381 e. The Balaban J connectivity index is 1.92. The van der Waals surface area contributed by atoms with Gasteiger partial charge in [0.05, 0.1) is 0 Å². The molecule has 0 aliphatic carbocycles. The maximum atomic E-state index is 3.50. The number of anilines is 1. The molecule has 0 saturated heterocycles. The van der Waals surface area contributed by atoms with Crippen LogP contribution in [-0.4, -0.2) is 18.0 Å². The highest BCUT2D eigenvalue weighted by Crippen LogP contribution is 2.14. The number of hydrogen-bond acceptors (Lipinski definition) is 2. The van der Waals surface area contributed by atoms with Gasteiger partial charge in [-0.3, -0.25) is 4.90 Å². The van der Waals surface area contributed by atoms with E-state index < -0.39 is 0 Å². The van der Waals surface area contributed by atoms with Crippen LogP contribution < -0.4 is 5.32 Å². The van der Waals surface area contributed by atoms with Crippen LogP contribution in [0, 0.1) is 6.92 Å². The van der Waals surface area contributed by atoms with Gasteiger partial charge in [-0.15, -0.1) is 0 Å². The second kappa shape index (κ2) is 7.84. The molecule has 112 valence electrons. The minimum absolute atomic E-state index is 0.877. The molecule has 2 nitrogen and oxygen atoms in total. The monoisotopic (exact) mass is 282 g/mol. The zero-order valence-electron chi connectivity index (χ0n) is 13.4. The van der Waals surface area contributed by atoms with Crippen molar-refractivity contribution >= 4 is 5.69 Å². The van der Waals surface area contributed by atoms with Gasteiger partial charge in [-0.2, -0.15) is 0 Å². The molecule has 2 aromatic rings. The maximum absolute atomic E-state index is 3.50. The van der Waals surface area contributed by atoms with E-state index in [9.17, 15) is 0 Å². The summed E-state index contributed by atoms with van der Waals surface area (Å²) in [5, 5.41) is 3.50. The fourth-order valence-electron chi connectivity index (χ4n) is 2.44. The highest BCUT2D eigenvalue weighted by Gasteiger charge is 2.01. The molecule has 21 heavy (non-hydrogen) atoms. The molecule has 0 fully saturated rings. The lowest BCUT2D eigenvalue weighted by Crippen LogP contribution is -2.21. The summed E-state index contributed by atoms with van der Waals surface area (Å²) >= 11 is 0. The van der Waals surface area contributed by atoms with Crippen molar-refractivity contribution < 1.29 is 0 Å². The van der Waals surface area contributed by atoms with Gasteiger partial charge < -0.3 is 5.32 Å². The van der Waals surface area contributed by atoms with Crippen LogP contribution in [0.1, 0.15) is 30.5 Å². The Kier molecular flexibility index (Phi) is 5.82. The predicted octanol–water partition coefficient (Wildman–Crippen LogP) is 4.45. The van der Waals surface area contributed by atoms with Crippen molar-refractivity contribution in [3.8, 4) is 0 Å².